The molecule has 0 radical (unpaired) electrons. The van der Waals surface area contributed by atoms with Crippen LogP contribution in [0.3, 0.4) is 0 Å². The molecule has 2 aromatic heterocycles. The maximum atomic E-state index is 5.84. The van der Waals surface area contributed by atoms with E-state index in [1.54, 1.807) is 18.3 Å². The van der Waals surface area contributed by atoms with Crippen molar-refractivity contribution in [3.8, 4) is 11.5 Å². The van der Waals surface area contributed by atoms with Crippen molar-refractivity contribution in [2.75, 3.05) is 18.1 Å². The normalized spacial score (nSPS) is 21.8. The van der Waals surface area contributed by atoms with E-state index in [-0.39, 0.29) is 5.92 Å². The third kappa shape index (κ3) is 3.39. The van der Waals surface area contributed by atoms with Crippen LogP contribution in [0.15, 0.2) is 22.9 Å². The first-order valence-electron chi connectivity index (χ1n) is 7.04. The van der Waals surface area contributed by atoms with Crippen LogP contribution in [0, 0.1) is 0 Å². The zero-order valence-corrected chi connectivity index (χ0v) is 13.3. The molecule has 1 N–H and O–H groups in total. The molecule has 0 aromatic carbocycles. The summed E-state index contributed by atoms with van der Waals surface area (Å²) < 4.78 is 5.46. The van der Waals surface area contributed by atoms with Gasteiger partial charge in [0.05, 0.1) is 10.9 Å². The molecule has 0 bridgehead atoms. The van der Waals surface area contributed by atoms with Crippen LogP contribution in [0.4, 0.5) is 0 Å². The summed E-state index contributed by atoms with van der Waals surface area (Å²) in [5.41, 5.74) is 0.679. The minimum Gasteiger partial charge on any atom is -0.339 e. The number of hydrogen-bond acceptors (Lipinski definition) is 6. The van der Waals surface area contributed by atoms with E-state index >= 15 is 0 Å². The maximum absolute atomic E-state index is 5.84. The molecule has 2 unspecified atom stereocenters. The second kappa shape index (κ2) is 6.77. The van der Waals surface area contributed by atoms with Gasteiger partial charge in [-0.25, -0.2) is 0 Å². The standard InChI is InChI=1S/C14H17ClN4OS/c1-2-5-16-12-8-21-7-10(12)14-18-13(19-20-14)11-4-3-9(15)6-17-11/h3-4,6,10,12,16H,2,5,7-8H2,1H3. The number of nitrogens with zero attached hydrogens (tertiary/aromatic N) is 3. The van der Waals surface area contributed by atoms with E-state index in [2.05, 4.69) is 27.4 Å². The Morgan fingerprint density at radius 3 is 3.10 bits per heavy atom. The Labute approximate surface area is 132 Å². The van der Waals surface area contributed by atoms with Crippen molar-refractivity contribution in [3.63, 3.8) is 0 Å². The van der Waals surface area contributed by atoms with E-state index in [0.717, 1.165) is 24.5 Å². The van der Waals surface area contributed by atoms with Gasteiger partial charge in [-0.2, -0.15) is 16.7 Å². The minimum absolute atomic E-state index is 0.273. The summed E-state index contributed by atoms with van der Waals surface area (Å²) in [4.78, 5) is 8.73. The van der Waals surface area contributed by atoms with Crippen LogP contribution in [0.5, 0.6) is 0 Å². The van der Waals surface area contributed by atoms with Gasteiger partial charge in [-0.05, 0) is 25.1 Å². The van der Waals surface area contributed by atoms with Gasteiger partial charge in [0.2, 0.25) is 11.7 Å². The number of rotatable bonds is 5. The Bertz CT molecular complexity index is 589. The second-order valence-electron chi connectivity index (χ2n) is 5.02. The molecule has 112 valence electrons. The lowest BCUT2D eigenvalue weighted by Gasteiger charge is -2.16. The summed E-state index contributed by atoms with van der Waals surface area (Å²) in [5.74, 6) is 3.58. The van der Waals surface area contributed by atoms with Crippen LogP contribution in [0.2, 0.25) is 5.02 Å². The van der Waals surface area contributed by atoms with E-state index < -0.39 is 0 Å². The number of aromatic nitrogens is 3. The highest BCUT2D eigenvalue weighted by molar-refractivity contribution is 7.99. The molecule has 1 saturated heterocycles. The highest BCUT2D eigenvalue weighted by Crippen LogP contribution is 2.32. The smallest absolute Gasteiger partial charge is 0.232 e. The number of pyridine rings is 1. The Kier molecular flexibility index (Phi) is 4.77. The van der Waals surface area contributed by atoms with Crippen molar-refractivity contribution in [2.24, 2.45) is 0 Å². The molecule has 2 atom stereocenters. The average molecular weight is 325 g/mol. The molecule has 0 saturated carbocycles. The van der Waals surface area contributed by atoms with E-state index in [9.17, 15) is 0 Å². The van der Waals surface area contributed by atoms with E-state index in [4.69, 9.17) is 16.1 Å². The second-order valence-corrected chi connectivity index (χ2v) is 6.53. The van der Waals surface area contributed by atoms with E-state index in [1.807, 2.05) is 11.8 Å². The van der Waals surface area contributed by atoms with E-state index in [1.165, 1.54) is 0 Å². The zero-order chi connectivity index (χ0) is 14.7. The fourth-order valence-electron chi connectivity index (χ4n) is 2.33. The lowest BCUT2D eigenvalue weighted by Crippen LogP contribution is -2.34. The first-order chi connectivity index (χ1) is 10.3. The monoisotopic (exact) mass is 324 g/mol. The molecule has 7 heteroatoms. The Morgan fingerprint density at radius 1 is 1.43 bits per heavy atom. The highest BCUT2D eigenvalue weighted by atomic mass is 35.5. The molecular weight excluding hydrogens is 308 g/mol. The van der Waals surface area contributed by atoms with Gasteiger partial charge in [0.25, 0.3) is 0 Å². The first-order valence-corrected chi connectivity index (χ1v) is 8.58. The average Bonchev–Trinajstić information content (AvgIpc) is 3.14. The van der Waals surface area contributed by atoms with Crippen molar-refractivity contribution in [1.29, 1.82) is 0 Å². The number of halogens is 1. The van der Waals surface area contributed by atoms with Gasteiger partial charge in [0, 0.05) is 23.7 Å². The molecule has 0 amide bonds. The fraction of sp³-hybridized carbons (Fsp3) is 0.500. The summed E-state index contributed by atoms with van der Waals surface area (Å²) in [5, 5.41) is 8.20. The fourth-order valence-corrected chi connectivity index (χ4v) is 3.81. The quantitative estimate of drug-likeness (QED) is 0.912. The minimum atomic E-state index is 0.273. The molecule has 1 aliphatic rings. The Hall–Kier alpha value is -1.11. The molecule has 0 spiro atoms. The van der Waals surface area contributed by atoms with Crippen LogP contribution in [-0.2, 0) is 0 Å². The predicted molar refractivity (Wildman–Crippen MR) is 84.7 cm³/mol. The largest absolute Gasteiger partial charge is 0.339 e. The molecule has 3 heterocycles. The van der Waals surface area contributed by atoms with Crippen LogP contribution in [0.1, 0.15) is 25.2 Å². The third-order valence-corrected chi connectivity index (χ3v) is 4.87. The zero-order valence-electron chi connectivity index (χ0n) is 11.8. The van der Waals surface area contributed by atoms with Gasteiger partial charge < -0.3 is 9.84 Å². The van der Waals surface area contributed by atoms with E-state index in [0.29, 0.717) is 28.5 Å². The summed E-state index contributed by atoms with van der Waals surface area (Å²) in [7, 11) is 0. The van der Waals surface area contributed by atoms with Crippen LogP contribution in [-0.4, -0.2) is 39.2 Å². The van der Waals surface area contributed by atoms with Crippen molar-refractivity contribution >= 4 is 23.4 Å². The maximum Gasteiger partial charge on any atom is 0.232 e. The number of nitrogens with one attached hydrogen (secondary N) is 1. The lowest BCUT2D eigenvalue weighted by atomic mass is 10.0. The highest BCUT2D eigenvalue weighted by Gasteiger charge is 2.33. The van der Waals surface area contributed by atoms with Gasteiger partial charge in [0.1, 0.15) is 5.69 Å². The molecule has 1 aliphatic heterocycles. The topological polar surface area (TPSA) is 63.8 Å². The van der Waals surface area contributed by atoms with Gasteiger partial charge in [-0.1, -0.05) is 23.7 Å². The third-order valence-electron chi connectivity index (χ3n) is 3.45. The Balaban J connectivity index is 1.76. The van der Waals surface area contributed by atoms with Crippen LogP contribution < -0.4 is 5.32 Å². The summed E-state index contributed by atoms with van der Waals surface area (Å²) >= 11 is 7.76. The van der Waals surface area contributed by atoms with Gasteiger partial charge in [-0.3, -0.25) is 4.98 Å². The molecule has 2 aromatic rings. The molecule has 0 aliphatic carbocycles. The molecule has 5 nitrogen and oxygen atoms in total. The number of hydrogen-bond donors (Lipinski definition) is 1. The number of thioether (sulfide) groups is 1. The van der Waals surface area contributed by atoms with Gasteiger partial charge >= 0.3 is 0 Å². The van der Waals surface area contributed by atoms with Crippen molar-refractivity contribution in [3.05, 3.63) is 29.2 Å². The Morgan fingerprint density at radius 2 is 2.33 bits per heavy atom. The van der Waals surface area contributed by atoms with Crippen LogP contribution in [0.25, 0.3) is 11.5 Å². The lowest BCUT2D eigenvalue weighted by molar-refractivity contribution is 0.339. The molecule has 1 fully saturated rings. The van der Waals surface area contributed by atoms with Gasteiger partial charge in [0.15, 0.2) is 0 Å². The van der Waals surface area contributed by atoms with Crippen molar-refractivity contribution < 1.29 is 4.52 Å². The van der Waals surface area contributed by atoms with Crippen molar-refractivity contribution in [2.45, 2.75) is 25.3 Å². The molecular formula is C14H17ClN4OS. The predicted octanol–water partition coefficient (Wildman–Crippen LogP) is 2.98. The summed E-state index contributed by atoms with van der Waals surface area (Å²) in [6.07, 6.45) is 2.71. The summed E-state index contributed by atoms with van der Waals surface area (Å²) in [6.45, 7) is 3.18. The molecule has 21 heavy (non-hydrogen) atoms. The van der Waals surface area contributed by atoms with Crippen molar-refractivity contribution in [1.82, 2.24) is 20.4 Å². The van der Waals surface area contributed by atoms with Crippen LogP contribution >= 0.6 is 23.4 Å². The summed E-state index contributed by atoms with van der Waals surface area (Å²) in [6, 6.07) is 3.98. The SMILES string of the molecule is CCCNC1CSCC1c1nc(-c2ccc(Cl)cn2)no1. The molecule has 3 rings (SSSR count). The first kappa shape index (κ1) is 14.8. The van der Waals surface area contributed by atoms with Gasteiger partial charge in [-0.15, -0.1) is 0 Å².